The van der Waals surface area contributed by atoms with E-state index in [0.717, 1.165) is 57.1 Å². The molecule has 9 heteroatoms. The average Bonchev–Trinajstić information content (AvgIpc) is 3.03. The molecular formula is C34H38N4O3S2. The predicted octanol–water partition coefficient (Wildman–Crippen LogP) is 8.01. The number of amides is 2. The van der Waals surface area contributed by atoms with E-state index in [2.05, 4.69) is 21.3 Å². The van der Waals surface area contributed by atoms with Crippen LogP contribution in [0.4, 0.5) is 34.1 Å². The molecule has 0 saturated carbocycles. The van der Waals surface area contributed by atoms with Crippen molar-refractivity contribution in [1.29, 1.82) is 0 Å². The van der Waals surface area contributed by atoms with Crippen LogP contribution in [-0.2, 0) is 14.3 Å². The van der Waals surface area contributed by atoms with Crippen molar-refractivity contribution in [2.24, 2.45) is 0 Å². The summed E-state index contributed by atoms with van der Waals surface area (Å²) in [7, 11) is 0. The predicted molar refractivity (Wildman–Crippen MR) is 184 cm³/mol. The lowest BCUT2D eigenvalue weighted by Gasteiger charge is -2.09. The van der Waals surface area contributed by atoms with Crippen molar-refractivity contribution in [2.75, 3.05) is 57.5 Å². The summed E-state index contributed by atoms with van der Waals surface area (Å²) in [4.78, 5) is 24.5. The van der Waals surface area contributed by atoms with Gasteiger partial charge in [0.2, 0.25) is 11.8 Å². The van der Waals surface area contributed by atoms with Crippen LogP contribution in [0, 0.1) is 0 Å². The molecule has 0 aromatic heterocycles. The minimum atomic E-state index is 0.00899. The topological polar surface area (TPSA) is 91.5 Å². The molecule has 0 aliphatic heterocycles. The van der Waals surface area contributed by atoms with Gasteiger partial charge in [0, 0.05) is 70.0 Å². The molecule has 4 aromatic rings. The Morgan fingerprint density at radius 1 is 0.465 bits per heavy atom. The minimum Gasteiger partial charge on any atom is -0.380 e. The molecule has 4 aromatic carbocycles. The summed E-state index contributed by atoms with van der Waals surface area (Å²) in [5, 5.41) is 12.6. The number of thioether (sulfide) groups is 2. The molecule has 2 amide bonds. The fourth-order valence-corrected chi connectivity index (χ4v) is 5.51. The van der Waals surface area contributed by atoms with Gasteiger partial charge in [0.05, 0.1) is 13.2 Å². The molecule has 0 aliphatic rings. The Labute approximate surface area is 262 Å². The fraction of sp³-hybridized carbons (Fsp3) is 0.235. The summed E-state index contributed by atoms with van der Waals surface area (Å²) in [5.74, 6) is 3.21. The van der Waals surface area contributed by atoms with E-state index >= 15 is 0 Å². The molecule has 0 radical (unpaired) electrons. The number of hydrogen-bond acceptors (Lipinski definition) is 7. The van der Waals surface area contributed by atoms with Gasteiger partial charge in [-0.1, -0.05) is 36.4 Å². The van der Waals surface area contributed by atoms with Gasteiger partial charge in [-0.15, -0.1) is 0 Å². The van der Waals surface area contributed by atoms with Crippen molar-refractivity contribution in [3.05, 3.63) is 109 Å². The van der Waals surface area contributed by atoms with E-state index in [1.807, 2.05) is 109 Å². The number of carbonyl (C=O) groups is 2. The first-order chi connectivity index (χ1) is 21.1. The summed E-state index contributed by atoms with van der Waals surface area (Å²) in [5.41, 5.74) is 5.57. The zero-order chi connectivity index (χ0) is 30.0. The van der Waals surface area contributed by atoms with Crippen molar-refractivity contribution >= 4 is 69.5 Å². The zero-order valence-corrected chi connectivity index (χ0v) is 25.7. The Bertz CT molecular complexity index is 1270. The van der Waals surface area contributed by atoms with Crippen LogP contribution in [0.1, 0.15) is 12.8 Å². The Hall–Kier alpha value is -3.92. The van der Waals surface area contributed by atoms with Crippen LogP contribution in [0.3, 0.4) is 0 Å². The lowest BCUT2D eigenvalue weighted by molar-refractivity contribution is -0.116. The van der Waals surface area contributed by atoms with Gasteiger partial charge in [0.1, 0.15) is 0 Å². The maximum Gasteiger partial charge on any atom is 0.225 e. The van der Waals surface area contributed by atoms with Gasteiger partial charge >= 0.3 is 0 Å². The van der Waals surface area contributed by atoms with Crippen LogP contribution in [0.2, 0.25) is 0 Å². The Morgan fingerprint density at radius 2 is 0.814 bits per heavy atom. The summed E-state index contributed by atoms with van der Waals surface area (Å²) in [6.45, 7) is 1.30. The maximum atomic E-state index is 12.2. The molecule has 4 N–H and O–H groups in total. The number of carbonyl (C=O) groups excluding carboxylic acids is 2. The molecule has 0 spiro atoms. The first-order valence-electron chi connectivity index (χ1n) is 14.3. The molecular weight excluding hydrogens is 577 g/mol. The van der Waals surface area contributed by atoms with E-state index < -0.39 is 0 Å². The molecule has 0 aliphatic carbocycles. The lowest BCUT2D eigenvalue weighted by Crippen LogP contribution is -2.13. The van der Waals surface area contributed by atoms with Crippen LogP contribution in [0.25, 0.3) is 0 Å². The SMILES string of the molecule is O=C(CCSCCOCCSCCC(=O)Nc1ccc(Nc2ccccc2)cc1)Nc1ccc(Nc2ccccc2)cc1. The van der Waals surface area contributed by atoms with E-state index in [1.54, 1.807) is 23.5 Å². The highest BCUT2D eigenvalue weighted by Gasteiger charge is 2.05. The van der Waals surface area contributed by atoms with Crippen LogP contribution in [-0.4, -0.2) is 48.0 Å². The number of para-hydroxylation sites is 2. The highest BCUT2D eigenvalue weighted by molar-refractivity contribution is 7.99. The van der Waals surface area contributed by atoms with Crippen LogP contribution >= 0.6 is 23.5 Å². The molecule has 0 atom stereocenters. The van der Waals surface area contributed by atoms with Crippen molar-refractivity contribution in [2.45, 2.75) is 12.8 Å². The van der Waals surface area contributed by atoms with Gasteiger partial charge in [-0.25, -0.2) is 0 Å². The Balaban J connectivity index is 0.954. The molecule has 0 heterocycles. The molecule has 0 saturated heterocycles. The smallest absolute Gasteiger partial charge is 0.225 e. The van der Waals surface area contributed by atoms with Crippen molar-refractivity contribution in [1.82, 2.24) is 0 Å². The third-order valence-electron chi connectivity index (χ3n) is 6.15. The second-order valence-corrected chi connectivity index (χ2v) is 12.0. The summed E-state index contributed by atoms with van der Waals surface area (Å²) >= 11 is 3.42. The number of benzene rings is 4. The zero-order valence-electron chi connectivity index (χ0n) is 24.1. The van der Waals surface area contributed by atoms with Crippen LogP contribution in [0.15, 0.2) is 109 Å². The van der Waals surface area contributed by atoms with E-state index in [9.17, 15) is 9.59 Å². The lowest BCUT2D eigenvalue weighted by atomic mass is 10.2. The van der Waals surface area contributed by atoms with Gasteiger partial charge in [-0.05, 0) is 72.8 Å². The summed E-state index contributed by atoms with van der Waals surface area (Å²) in [6.07, 6.45) is 0.919. The van der Waals surface area contributed by atoms with Gasteiger partial charge in [0.15, 0.2) is 0 Å². The molecule has 0 fully saturated rings. The van der Waals surface area contributed by atoms with Gasteiger partial charge < -0.3 is 26.0 Å². The molecule has 7 nitrogen and oxygen atoms in total. The Morgan fingerprint density at radius 3 is 1.21 bits per heavy atom. The highest BCUT2D eigenvalue weighted by atomic mass is 32.2. The van der Waals surface area contributed by atoms with Crippen LogP contribution < -0.4 is 21.3 Å². The van der Waals surface area contributed by atoms with Gasteiger partial charge in [-0.3, -0.25) is 9.59 Å². The maximum absolute atomic E-state index is 12.2. The Kier molecular flexibility index (Phi) is 13.8. The second-order valence-electron chi connectivity index (χ2n) is 9.57. The number of anilines is 6. The number of hydrogen-bond donors (Lipinski definition) is 4. The van der Waals surface area contributed by atoms with Crippen molar-refractivity contribution in [3.63, 3.8) is 0 Å². The molecule has 43 heavy (non-hydrogen) atoms. The minimum absolute atomic E-state index is 0.00899. The first-order valence-corrected chi connectivity index (χ1v) is 16.6. The third kappa shape index (κ3) is 12.9. The normalized spacial score (nSPS) is 10.6. The van der Waals surface area contributed by atoms with E-state index in [1.165, 1.54) is 0 Å². The average molecular weight is 615 g/mol. The summed E-state index contributed by atoms with van der Waals surface area (Å²) < 4.78 is 5.69. The van der Waals surface area contributed by atoms with Gasteiger partial charge in [0.25, 0.3) is 0 Å². The summed E-state index contributed by atoms with van der Waals surface area (Å²) in [6, 6.07) is 35.3. The van der Waals surface area contributed by atoms with E-state index in [0.29, 0.717) is 26.1 Å². The second kappa shape index (κ2) is 18.6. The highest BCUT2D eigenvalue weighted by Crippen LogP contribution is 2.20. The molecule has 224 valence electrons. The third-order valence-corrected chi connectivity index (χ3v) is 8.05. The monoisotopic (exact) mass is 614 g/mol. The van der Waals surface area contributed by atoms with Gasteiger partial charge in [-0.2, -0.15) is 23.5 Å². The van der Waals surface area contributed by atoms with Crippen LogP contribution in [0.5, 0.6) is 0 Å². The number of rotatable bonds is 18. The number of ether oxygens (including phenoxy) is 1. The fourth-order valence-electron chi connectivity index (χ4n) is 3.97. The standard InChI is InChI=1S/C34H38N4O3S2/c39-33(37-31-15-11-29(12-16-31)35-27-7-3-1-4-8-27)19-23-42-25-21-41-22-26-43-24-20-34(40)38-32-17-13-30(14-18-32)36-28-9-5-2-6-10-28/h1-18,35-36H,19-26H2,(H,37,39)(H,38,40). The quantitative estimate of drug-likeness (QED) is 0.0844. The van der Waals surface area contributed by atoms with Crippen molar-refractivity contribution < 1.29 is 14.3 Å². The van der Waals surface area contributed by atoms with Crippen molar-refractivity contribution in [3.8, 4) is 0 Å². The molecule has 0 bridgehead atoms. The molecule has 4 rings (SSSR count). The molecule has 0 unspecified atom stereocenters. The van der Waals surface area contributed by atoms with E-state index in [4.69, 9.17) is 4.74 Å². The largest absolute Gasteiger partial charge is 0.380 e. The number of nitrogens with one attached hydrogen (secondary N) is 4. The first kappa shape index (κ1) is 32.0. The van der Waals surface area contributed by atoms with E-state index in [-0.39, 0.29) is 11.8 Å².